The lowest BCUT2D eigenvalue weighted by Crippen LogP contribution is -2.39. The standard InChI is InChI=1S/C18H21N5O2/c24-17-5-2-7-23(17)16-6-8-21(11-16)18(25)15-4-1-3-14(9-15)10-22-13-19-12-20-22/h1,3-4,9,12-13,16H,2,5-8,10-11H2. The lowest BCUT2D eigenvalue weighted by Gasteiger charge is -2.24. The summed E-state index contributed by atoms with van der Waals surface area (Å²) in [5.74, 6) is 0.267. The Kier molecular flexibility index (Phi) is 4.21. The van der Waals surface area contributed by atoms with Gasteiger partial charge in [0.1, 0.15) is 12.7 Å². The molecule has 1 aromatic carbocycles. The molecular weight excluding hydrogens is 318 g/mol. The number of amides is 2. The number of nitrogens with zero attached hydrogens (tertiary/aromatic N) is 5. The van der Waals surface area contributed by atoms with Crippen molar-refractivity contribution in [2.45, 2.75) is 31.8 Å². The monoisotopic (exact) mass is 339 g/mol. The maximum atomic E-state index is 12.8. The van der Waals surface area contributed by atoms with Crippen molar-refractivity contribution in [1.29, 1.82) is 0 Å². The first-order chi connectivity index (χ1) is 12.2. The first-order valence-electron chi connectivity index (χ1n) is 8.71. The molecule has 4 rings (SSSR count). The normalized spacial score (nSPS) is 20.5. The molecule has 2 fully saturated rings. The van der Waals surface area contributed by atoms with Gasteiger partial charge in [0.2, 0.25) is 5.91 Å². The number of likely N-dealkylation sites (tertiary alicyclic amines) is 2. The maximum Gasteiger partial charge on any atom is 0.253 e. The van der Waals surface area contributed by atoms with E-state index in [-0.39, 0.29) is 17.9 Å². The number of benzene rings is 1. The van der Waals surface area contributed by atoms with Gasteiger partial charge in [0.05, 0.1) is 12.6 Å². The minimum Gasteiger partial charge on any atom is -0.338 e. The Morgan fingerprint density at radius 2 is 2.20 bits per heavy atom. The van der Waals surface area contributed by atoms with Crippen LogP contribution in [0.4, 0.5) is 0 Å². The van der Waals surface area contributed by atoms with Crippen molar-refractivity contribution >= 4 is 11.8 Å². The van der Waals surface area contributed by atoms with Crippen LogP contribution in [0, 0.1) is 0 Å². The predicted molar refractivity (Wildman–Crippen MR) is 90.8 cm³/mol. The molecule has 0 N–H and O–H groups in total. The van der Waals surface area contributed by atoms with Crippen molar-refractivity contribution in [3.8, 4) is 0 Å². The van der Waals surface area contributed by atoms with Gasteiger partial charge < -0.3 is 9.80 Å². The number of hydrogen-bond donors (Lipinski definition) is 0. The Hall–Kier alpha value is -2.70. The highest BCUT2D eigenvalue weighted by atomic mass is 16.2. The van der Waals surface area contributed by atoms with Gasteiger partial charge in [-0.2, -0.15) is 5.10 Å². The average Bonchev–Trinajstić information content (AvgIpc) is 3.36. The van der Waals surface area contributed by atoms with Crippen molar-refractivity contribution in [3.63, 3.8) is 0 Å². The fraction of sp³-hybridized carbons (Fsp3) is 0.444. The first-order valence-corrected chi connectivity index (χ1v) is 8.71. The predicted octanol–water partition coefficient (Wildman–Crippen LogP) is 1.16. The molecule has 7 heteroatoms. The third-order valence-corrected chi connectivity index (χ3v) is 4.99. The van der Waals surface area contributed by atoms with E-state index >= 15 is 0 Å². The molecule has 130 valence electrons. The molecule has 0 bridgehead atoms. The summed E-state index contributed by atoms with van der Waals surface area (Å²) in [5.41, 5.74) is 1.70. The smallest absolute Gasteiger partial charge is 0.253 e. The molecule has 2 aromatic rings. The van der Waals surface area contributed by atoms with Crippen LogP contribution in [0.2, 0.25) is 0 Å². The first kappa shape index (κ1) is 15.8. The molecule has 1 unspecified atom stereocenters. The second-order valence-electron chi connectivity index (χ2n) is 6.68. The van der Waals surface area contributed by atoms with E-state index in [1.54, 1.807) is 11.0 Å². The molecule has 0 radical (unpaired) electrons. The Balaban J connectivity index is 1.43. The van der Waals surface area contributed by atoms with Crippen LogP contribution < -0.4 is 0 Å². The van der Waals surface area contributed by atoms with E-state index in [0.29, 0.717) is 31.6 Å². The maximum absolute atomic E-state index is 12.8. The molecule has 2 saturated heterocycles. The zero-order valence-electron chi connectivity index (χ0n) is 14.0. The summed E-state index contributed by atoms with van der Waals surface area (Å²) in [4.78, 5) is 32.5. The average molecular weight is 339 g/mol. The number of carbonyl (C=O) groups excluding carboxylic acids is 2. The van der Waals surface area contributed by atoms with Crippen molar-refractivity contribution < 1.29 is 9.59 Å². The number of hydrogen-bond acceptors (Lipinski definition) is 4. The van der Waals surface area contributed by atoms with Crippen LogP contribution in [0.15, 0.2) is 36.9 Å². The van der Waals surface area contributed by atoms with Crippen LogP contribution in [0.5, 0.6) is 0 Å². The molecule has 25 heavy (non-hydrogen) atoms. The molecule has 7 nitrogen and oxygen atoms in total. The van der Waals surface area contributed by atoms with Crippen LogP contribution in [0.3, 0.4) is 0 Å². The van der Waals surface area contributed by atoms with Crippen LogP contribution >= 0.6 is 0 Å². The Labute approximate surface area is 146 Å². The molecule has 2 aliphatic heterocycles. The van der Waals surface area contributed by atoms with Crippen LogP contribution in [0.25, 0.3) is 0 Å². The summed E-state index contributed by atoms with van der Waals surface area (Å²) in [5, 5.41) is 4.10. The molecule has 0 aliphatic carbocycles. The number of carbonyl (C=O) groups is 2. The number of rotatable bonds is 4. The minimum absolute atomic E-state index is 0.0367. The molecule has 0 spiro atoms. The van der Waals surface area contributed by atoms with Gasteiger partial charge in [-0.25, -0.2) is 9.67 Å². The summed E-state index contributed by atoms with van der Waals surface area (Å²) >= 11 is 0. The van der Waals surface area contributed by atoms with Crippen molar-refractivity contribution in [2.24, 2.45) is 0 Å². The zero-order chi connectivity index (χ0) is 17.2. The second kappa shape index (κ2) is 6.66. The van der Waals surface area contributed by atoms with Crippen molar-refractivity contribution in [2.75, 3.05) is 19.6 Å². The summed E-state index contributed by atoms with van der Waals surface area (Å²) in [6.07, 6.45) is 5.62. The van der Waals surface area contributed by atoms with Gasteiger partial charge in [0.15, 0.2) is 0 Å². The molecule has 0 saturated carbocycles. The highest BCUT2D eigenvalue weighted by Gasteiger charge is 2.35. The zero-order valence-corrected chi connectivity index (χ0v) is 14.0. The highest BCUT2D eigenvalue weighted by molar-refractivity contribution is 5.94. The summed E-state index contributed by atoms with van der Waals surface area (Å²) in [7, 11) is 0. The molecule has 1 atom stereocenters. The fourth-order valence-electron chi connectivity index (χ4n) is 3.72. The fourth-order valence-corrected chi connectivity index (χ4v) is 3.72. The third-order valence-electron chi connectivity index (χ3n) is 4.99. The van der Waals surface area contributed by atoms with Gasteiger partial charge in [-0.15, -0.1) is 0 Å². The van der Waals surface area contributed by atoms with Gasteiger partial charge in [0, 0.05) is 31.6 Å². The quantitative estimate of drug-likeness (QED) is 0.838. The Bertz CT molecular complexity index is 774. The molecule has 3 heterocycles. The van der Waals surface area contributed by atoms with Crippen LogP contribution in [-0.2, 0) is 11.3 Å². The van der Waals surface area contributed by atoms with Crippen molar-refractivity contribution in [1.82, 2.24) is 24.6 Å². The van der Waals surface area contributed by atoms with Crippen LogP contribution in [-0.4, -0.2) is 62.1 Å². The van der Waals surface area contributed by atoms with Gasteiger partial charge in [-0.3, -0.25) is 9.59 Å². The SMILES string of the molecule is O=C(c1cccc(Cn2cncn2)c1)N1CCC(N2CCCC2=O)C1. The van der Waals surface area contributed by atoms with E-state index in [1.807, 2.05) is 34.1 Å². The van der Waals surface area contributed by atoms with E-state index in [1.165, 1.54) is 6.33 Å². The van der Waals surface area contributed by atoms with Gasteiger partial charge in [-0.1, -0.05) is 12.1 Å². The minimum atomic E-state index is 0.0367. The third kappa shape index (κ3) is 3.26. The molecule has 2 aliphatic rings. The van der Waals surface area contributed by atoms with Crippen LogP contribution in [0.1, 0.15) is 35.2 Å². The number of aromatic nitrogens is 3. The van der Waals surface area contributed by atoms with Gasteiger partial charge in [0.25, 0.3) is 5.91 Å². The summed E-state index contributed by atoms with van der Waals surface area (Å²) in [6.45, 7) is 2.77. The Morgan fingerprint density at radius 1 is 1.28 bits per heavy atom. The van der Waals surface area contributed by atoms with E-state index < -0.39 is 0 Å². The van der Waals surface area contributed by atoms with E-state index in [0.717, 1.165) is 24.9 Å². The second-order valence-corrected chi connectivity index (χ2v) is 6.68. The van der Waals surface area contributed by atoms with Gasteiger partial charge in [-0.05, 0) is 30.5 Å². The Morgan fingerprint density at radius 3 is 2.96 bits per heavy atom. The van der Waals surface area contributed by atoms with E-state index in [2.05, 4.69) is 10.1 Å². The lowest BCUT2D eigenvalue weighted by atomic mass is 10.1. The summed E-state index contributed by atoms with van der Waals surface area (Å²) < 4.78 is 1.73. The van der Waals surface area contributed by atoms with Crippen molar-refractivity contribution in [3.05, 3.63) is 48.0 Å². The largest absolute Gasteiger partial charge is 0.338 e. The van der Waals surface area contributed by atoms with Gasteiger partial charge >= 0.3 is 0 Å². The molecular formula is C18H21N5O2. The lowest BCUT2D eigenvalue weighted by molar-refractivity contribution is -0.129. The summed E-state index contributed by atoms with van der Waals surface area (Å²) in [6, 6.07) is 7.82. The molecule has 1 aromatic heterocycles. The highest BCUT2D eigenvalue weighted by Crippen LogP contribution is 2.23. The van der Waals surface area contributed by atoms with E-state index in [4.69, 9.17) is 0 Å². The van der Waals surface area contributed by atoms with E-state index in [9.17, 15) is 9.59 Å². The topological polar surface area (TPSA) is 71.3 Å². The molecule has 2 amide bonds.